The van der Waals surface area contributed by atoms with Crippen molar-refractivity contribution in [2.45, 2.75) is 19.8 Å². The number of amidine groups is 1. The van der Waals surface area contributed by atoms with Crippen molar-refractivity contribution in [1.29, 1.82) is 0 Å². The van der Waals surface area contributed by atoms with Crippen LogP contribution in [0.2, 0.25) is 5.02 Å². The summed E-state index contributed by atoms with van der Waals surface area (Å²) in [6.07, 6.45) is 0. The summed E-state index contributed by atoms with van der Waals surface area (Å²) in [5, 5.41) is 4.02. The SMILES string of the molecule is CC(C)c1ccc2c(c1)C(N)=Nc1cc(Cl)ccc1N2.Cl. The van der Waals surface area contributed by atoms with Gasteiger partial charge in [-0.05, 0) is 41.8 Å². The predicted octanol–water partition coefficient (Wildman–Crippen LogP) is 4.98. The number of nitrogens with one attached hydrogen (secondary N) is 1. The Bertz CT molecular complexity index is 709. The van der Waals surface area contributed by atoms with Gasteiger partial charge in [0.25, 0.3) is 0 Å². The fraction of sp³-hybridized carbons (Fsp3) is 0.188. The molecule has 1 aliphatic rings. The van der Waals surface area contributed by atoms with Gasteiger partial charge in [0.2, 0.25) is 0 Å². The second-order valence-electron chi connectivity index (χ2n) is 5.24. The van der Waals surface area contributed by atoms with Gasteiger partial charge in [-0.15, -0.1) is 12.4 Å². The van der Waals surface area contributed by atoms with Crippen LogP contribution in [0.4, 0.5) is 17.1 Å². The molecule has 0 amide bonds. The Morgan fingerprint density at radius 3 is 2.52 bits per heavy atom. The Morgan fingerprint density at radius 2 is 1.81 bits per heavy atom. The van der Waals surface area contributed by atoms with Crippen LogP contribution in [0.1, 0.15) is 30.9 Å². The van der Waals surface area contributed by atoms with Gasteiger partial charge in [-0.3, -0.25) is 0 Å². The van der Waals surface area contributed by atoms with Crippen LogP contribution in [0.5, 0.6) is 0 Å². The molecule has 3 nitrogen and oxygen atoms in total. The summed E-state index contributed by atoms with van der Waals surface area (Å²) in [6, 6.07) is 11.8. The molecule has 5 heteroatoms. The van der Waals surface area contributed by atoms with E-state index in [1.54, 1.807) is 0 Å². The second-order valence-corrected chi connectivity index (χ2v) is 5.68. The predicted molar refractivity (Wildman–Crippen MR) is 92.9 cm³/mol. The van der Waals surface area contributed by atoms with Gasteiger partial charge in [-0.1, -0.05) is 31.5 Å². The number of aliphatic imine (C=N–C) groups is 1. The zero-order chi connectivity index (χ0) is 14.3. The molecule has 0 bridgehead atoms. The van der Waals surface area contributed by atoms with Gasteiger partial charge in [-0.25, -0.2) is 4.99 Å². The molecule has 110 valence electrons. The largest absolute Gasteiger partial charge is 0.383 e. The molecule has 0 aromatic heterocycles. The van der Waals surface area contributed by atoms with Crippen LogP contribution in [0.25, 0.3) is 0 Å². The van der Waals surface area contributed by atoms with E-state index in [9.17, 15) is 0 Å². The molecule has 3 N–H and O–H groups in total. The number of hydrogen-bond donors (Lipinski definition) is 2. The van der Waals surface area contributed by atoms with Crippen LogP contribution in [0.15, 0.2) is 41.4 Å². The van der Waals surface area contributed by atoms with E-state index in [1.165, 1.54) is 5.56 Å². The Morgan fingerprint density at radius 1 is 1.10 bits per heavy atom. The summed E-state index contributed by atoms with van der Waals surface area (Å²) in [7, 11) is 0. The van der Waals surface area contributed by atoms with Crippen LogP contribution < -0.4 is 11.1 Å². The molecule has 0 radical (unpaired) electrons. The van der Waals surface area contributed by atoms with E-state index in [0.717, 1.165) is 22.6 Å². The lowest BCUT2D eigenvalue weighted by Crippen LogP contribution is -2.14. The third-order valence-corrected chi connectivity index (χ3v) is 3.69. The summed E-state index contributed by atoms with van der Waals surface area (Å²) in [6.45, 7) is 4.32. The molecule has 0 spiro atoms. The van der Waals surface area contributed by atoms with Crippen LogP contribution in [-0.2, 0) is 0 Å². The molecular weight excluding hydrogens is 305 g/mol. The lowest BCUT2D eigenvalue weighted by atomic mass is 9.99. The first-order valence-corrected chi connectivity index (χ1v) is 6.97. The quantitative estimate of drug-likeness (QED) is 0.778. The second kappa shape index (κ2) is 5.96. The number of fused-ring (bicyclic) bond motifs is 2. The molecule has 1 aliphatic heterocycles. The number of anilines is 2. The summed E-state index contributed by atoms with van der Waals surface area (Å²) in [4.78, 5) is 4.49. The van der Waals surface area contributed by atoms with E-state index in [-0.39, 0.29) is 12.4 Å². The van der Waals surface area contributed by atoms with E-state index in [2.05, 4.69) is 42.4 Å². The van der Waals surface area contributed by atoms with Crippen LogP contribution >= 0.6 is 24.0 Å². The first-order chi connectivity index (χ1) is 9.54. The number of nitrogens with two attached hydrogens (primary N) is 1. The highest BCUT2D eigenvalue weighted by Gasteiger charge is 2.15. The molecule has 0 saturated heterocycles. The van der Waals surface area contributed by atoms with Gasteiger partial charge < -0.3 is 11.1 Å². The number of halogens is 2. The van der Waals surface area contributed by atoms with E-state index in [0.29, 0.717) is 16.8 Å². The van der Waals surface area contributed by atoms with Gasteiger partial charge in [0, 0.05) is 16.3 Å². The molecule has 21 heavy (non-hydrogen) atoms. The van der Waals surface area contributed by atoms with Crippen molar-refractivity contribution in [3.05, 3.63) is 52.5 Å². The minimum absolute atomic E-state index is 0. The molecule has 0 unspecified atom stereocenters. The van der Waals surface area contributed by atoms with Gasteiger partial charge in [0.15, 0.2) is 0 Å². The van der Waals surface area contributed by atoms with Crippen LogP contribution in [0.3, 0.4) is 0 Å². The lowest BCUT2D eigenvalue weighted by molar-refractivity contribution is 0.866. The average Bonchev–Trinajstić information content (AvgIpc) is 2.54. The zero-order valence-electron chi connectivity index (χ0n) is 11.9. The maximum atomic E-state index is 6.15. The summed E-state index contributed by atoms with van der Waals surface area (Å²) in [5.41, 5.74) is 11.0. The molecule has 0 aliphatic carbocycles. The van der Waals surface area contributed by atoms with Crippen molar-refractivity contribution in [1.82, 2.24) is 0 Å². The number of rotatable bonds is 1. The average molecular weight is 322 g/mol. The molecular formula is C16H17Cl2N3. The van der Waals surface area contributed by atoms with Gasteiger partial charge in [0.1, 0.15) is 5.84 Å². The molecule has 0 fully saturated rings. The van der Waals surface area contributed by atoms with E-state index < -0.39 is 0 Å². The number of benzene rings is 2. The van der Waals surface area contributed by atoms with E-state index >= 15 is 0 Å². The Balaban J connectivity index is 0.00000161. The van der Waals surface area contributed by atoms with Crippen molar-refractivity contribution in [3.8, 4) is 0 Å². The minimum atomic E-state index is 0. The van der Waals surface area contributed by atoms with Gasteiger partial charge in [-0.2, -0.15) is 0 Å². The summed E-state index contributed by atoms with van der Waals surface area (Å²) >= 11 is 6.02. The summed E-state index contributed by atoms with van der Waals surface area (Å²) < 4.78 is 0. The topological polar surface area (TPSA) is 50.4 Å². The molecule has 0 saturated carbocycles. The third-order valence-electron chi connectivity index (χ3n) is 3.46. The lowest BCUT2D eigenvalue weighted by Gasteiger charge is -2.12. The monoisotopic (exact) mass is 321 g/mol. The van der Waals surface area contributed by atoms with E-state index in [1.807, 2.05) is 18.2 Å². The van der Waals surface area contributed by atoms with Gasteiger partial charge in [0.05, 0.1) is 11.4 Å². The fourth-order valence-corrected chi connectivity index (χ4v) is 2.45. The van der Waals surface area contributed by atoms with Gasteiger partial charge >= 0.3 is 0 Å². The van der Waals surface area contributed by atoms with E-state index in [4.69, 9.17) is 17.3 Å². The normalized spacial score (nSPS) is 12.5. The molecule has 0 atom stereocenters. The highest BCUT2D eigenvalue weighted by Crippen LogP contribution is 2.36. The van der Waals surface area contributed by atoms with Crippen molar-refractivity contribution < 1.29 is 0 Å². The van der Waals surface area contributed by atoms with Crippen molar-refractivity contribution >= 4 is 46.9 Å². The Kier molecular flexibility index (Phi) is 4.45. The Labute approximate surface area is 135 Å². The smallest absolute Gasteiger partial charge is 0.133 e. The van der Waals surface area contributed by atoms with Crippen molar-refractivity contribution in [2.24, 2.45) is 10.7 Å². The van der Waals surface area contributed by atoms with Crippen molar-refractivity contribution in [2.75, 3.05) is 5.32 Å². The summed E-state index contributed by atoms with van der Waals surface area (Å²) in [5.74, 6) is 0.962. The van der Waals surface area contributed by atoms with Crippen LogP contribution in [0, 0.1) is 0 Å². The minimum Gasteiger partial charge on any atom is -0.383 e. The standard InChI is InChI=1S/C16H16ClN3.ClH/c1-9(2)10-3-5-13-12(7-10)16(18)20-15-8-11(17)4-6-14(15)19-13;/h3-9,19H,1-2H3,(H2,18,20);1H. The molecule has 2 aromatic carbocycles. The molecule has 1 heterocycles. The first-order valence-electron chi connectivity index (χ1n) is 6.59. The maximum Gasteiger partial charge on any atom is 0.133 e. The molecule has 2 aromatic rings. The molecule has 3 rings (SSSR count). The van der Waals surface area contributed by atoms with Crippen molar-refractivity contribution in [3.63, 3.8) is 0 Å². The highest BCUT2D eigenvalue weighted by molar-refractivity contribution is 6.31. The number of hydrogen-bond acceptors (Lipinski definition) is 3. The zero-order valence-corrected chi connectivity index (χ0v) is 13.4. The Hall–Kier alpha value is -1.71. The maximum absolute atomic E-state index is 6.15. The van der Waals surface area contributed by atoms with Crippen LogP contribution in [-0.4, -0.2) is 5.84 Å². The first kappa shape index (κ1) is 15.7. The number of nitrogens with zero attached hydrogens (tertiary/aromatic N) is 1. The fourth-order valence-electron chi connectivity index (χ4n) is 2.28. The third kappa shape index (κ3) is 2.99. The highest BCUT2D eigenvalue weighted by atomic mass is 35.5.